The highest BCUT2D eigenvalue weighted by Crippen LogP contribution is 2.33. The molecule has 114 valence electrons. The zero-order chi connectivity index (χ0) is 16.3. The number of carbonyl (C=O) groups excluding carboxylic acids is 2. The molecule has 0 saturated carbocycles. The van der Waals surface area contributed by atoms with Crippen LogP contribution < -0.4 is 0 Å². The molecule has 0 radical (unpaired) electrons. The number of hydrogen-bond donors (Lipinski definition) is 0. The smallest absolute Gasteiger partial charge is 0.452 e. The molecule has 0 fully saturated rings. The van der Waals surface area contributed by atoms with Crippen LogP contribution in [0.5, 0.6) is 0 Å². The third-order valence-corrected chi connectivity index (χ3v) is 3.13. The molecular weight excluding hydrogens is 299 g/mol. The van der Waals surface area contributed by atoms with Crippen LogP contribution in [0, 0.1) is 24.7 Å². The van der Waals surface area contributed by atoms with Crippen LogP contribution in [-0.2, 0) is 32.9 Å². The molecule has 0 saturated heterocycles. The summed E-state index contributed by atoms with van der Waals surface area (Å²) in [5, 5.41) is 0. The molecule has 2 unspecified atom stereocenters. The summed E-state index contributed by atoms with van der Waals surface area (Å²) < 4.78 is 30.7. The third-order valence-electron chi connectivity index (χ3n) is 2.05. The van der Waals surface area contributed by atoms with Gasteiger partial charge in [-0.3, -0.25) is 4.79 Å². The van der Waals surface area contributed by atoms with Crippen LogP contribution >= 0.6 is 8.03 Å². The van der Waals surface area contributed by atoms with Crippen molar-refractivity contribution in [2.75, 3.05) is 26.7 Å². The van der Waals surface area contributed by atoms with Crippen molar-refractivity contribution in [3.05, 3.63) is 0 Å². The van der Waals surface area contributed by atoms with Gasteiger partial charge in [-0.1, -0.05) is 11.8 Å². The molecular formula is C13H16O7P+. The van der Waals surface area contributed by atoms with E-state index < -0.39 is 32.0 Å². The molecule has 0 aromatic rings. The van der Waals surface area contributed by atoms with E-state index in [4.69, 9.17) is 22.1 Å². The van der Waals surface area contributed by atoms with Crippen molar-refractivity contribution in [2.24, 2.45) is 0 Å². The second-order valence-corrected chi connectivity index (χ2v) is 5.00. The zero-order valence-electron chi connectivity index (χ0n) is 11.8. The SMILES string of the molecule is C#CCOC(=O)CC(C)(O[P+](=O)COC)C(=O)OCC#C. The molecule has 2 atom stereocenters. The topological polar surface area (TPSA) is 88.1 Å². The van der Waals surface area contributed by atoms with E-state index in [-0.39, 0.29) is 19.6 Å². The Hall–Kier alpha value is -1.92. The predicted octanol–water partition coefficient (Wildman–Crippen LogP) is 0.851. The minimum atomic E-state index is -2.33. The maximum absolute atomic E-state index is 11.9. The van der Waals surface area contributed by atoms with Gasteiger partial charge in [0.15, 0.2) is 13.2 Å². The van der Waals surface area contributed by atoms with E-state index in [9.17, 15) is 14.2 Å². The first-order valence-corrected chi connectivity index (χ1v) is 7.08. The first-order chi connectivity index (χ1) is 9.89. The zero-order valence-corrected chi connectivity index (χ0v) is 12.7. The van der Waals surface area contributed by atoms with E-state index in [1.54, 1.807) is 0 Å². The molecule has 0 aliphatic rings. The highest BCUT2D eigenvalue weighted by atomic mass is 31.1. The molecule has 0 spiro atoms. The van der Waals surface area contributed by atoms with Crippen molar-refractivity contribution in [3.63, 3.8) is 0 Å². The van der Waals surface area contributed by atoms with Crippen molar-refractivity contribution in [3.8, 4) is 24.7 Å². The monoisotopic (exact) mass is 315 g/mol. The van der Waals surface area contributed by atoms with Gasteiger partial charge in [0, 0.05) is 7.11 Å². The van der Waals surface area contributed by atoms with Crippen LogP contribution in [0.1, 0.15) is 13.3 Å². The van der Waals surface area contributed by atoms with Gasteiger partial charge in [-0.05, 0) is 11.5 Å². The van der Waals surface area contributed by atoms with Crippen molar-refractivity contribution < 1.29 is 32.9 Å². The second-order valence-electron chi connectivity index (χ2n) is 3.89. The number of methoxy groups -OCH3 is 1. The summed E-state index contributed by atoms with van der Waals surface area (Å²) in [6.45, 7) is 0.683. The molecule has 0 aromatic carbocycles. The van der Waals surface area contributed by atoms with Crippen LogP contribution in [0.4, 0.5) is 0 Å². The van der Waals surface area contributed by atoms with E-state index in [0.29, 0.717) is 0 Å². The average molecular weight is 315 g/mol. The highest BCUT2D eigenvalue weighted by molar-refractivity contribution is 7.38. The lowest BCUT2D eigenvalue weighted by Crippen LogP contribution is -2.41. The number of ether oxygens (including phenoxy) is 3. The molecule has 0 N–H and O–H groups in total. The Balaban J connectivity index is 4.94. The average Bonchev–Trinajstić information content (AvgIpc) is 2.42. The molecule has 0 bridgehead atoms. The molecule has 0 amide bonds. The predicted molar refractivity (Wildman–Crippen MR) is 73.2 cm³/mol. The van der Waals surface area contributed by atoms with Crippen molar-refractivity contribution in [1.82, 2.24) is 0 Å². The quantitative estimate of drug-likeness (QED) is 0.354. The molecule has 0 aromatic heterocycles. The van der Waals surface area contributed by atoms with Gasteiger partial charge in [-0.15, -0.1) is 17.4 Å². The van der Waals surface area contributed by atoms with Gasteiger partial charge in [-0.2, -0.15) is 0 Å². The maximum Gasteiger partial charge on any atom is 0.538 e. The van der Waals surface area contributed by atoms with Gasteiger partial charge in [0.25, 0.3) is 6.35 Å². The first-order valence-electron chi connectivity index (χ1n) is 5.72. The fraction of sp³-hybridized carbons (Fsp3) is 0.538. The summed E-state index contributed by atoms with van der Waals surface area (Å²) in [4.78, 5) is 23.5. The summed E-state index contributed by atoms with van der Waals surface area (Å²) >= 11 is 0. The maximum atomic E-state index is 11.9. The lowest BCUT2D eigenvalue weighted by molar-refractivity contribution is -0.165. The van der Waals surface area contributed by atoms with Gasteiger partial charge in [0.1, 0.15) is 0 Å². The fourth-order valence-corrected chi connectivity index (χ4v) is 2.06. The number of rotatable bonds is 9. The fourth-order valence-electron chi connectivity index (χ4n) is 1.21. The van der Waals surface area contributed by atoms with Gasteiger partial charge in [0.2, 0.25) is 5.60 Å². The summed E-state index contributed by atoms with van der Waals surface area (Å²) in [5.41, 5.74) is -1.81. The Bertz CT molecular complexity index is 474. The molecule has 0 heterocycles. The van der Waals surface area contributed by atoms with Crippen LogP contribution in [0.15, 0.2) is 0 Å². The first kappa shape index (κ1) is 19.1. The van der Waals surface area contributed by atoms with Gasteiger partial charge in [0.05, 0.1) is 6.42 Å². The Labute approximate surface area is 124 Å². The number of carbonyl (C=O) groups is 2. The molecule has 7 nitrogen and oxygen atoms in total. The Morgan fingerprint density at radius 2 is 1.76 bits per heavy atom. The Morgan fingerprint density at radius 3 is 2.29 bits per heavy atom. The van der Waals surface area contributed by atoms with E-state index in [0.717, 1.165) is 0 Å². The Kier molecular flexibility index (Phi) is 9.00. The van der Waals surface area contributed by atoms with Gasteiger partial charge in [-0.25, -0.2) is 4.79 Å². The van der Waals surface area contributed by atoms with Crippen molar-refractivity contribution >= 4 is 20.0 Å². The third kappa shape index (κ3) is 7.43. The number of esters is 2. The molecule has 21 heavy (non-hydrogen) atoms. The number of terminal acetylenes is 2. The minimum absolute atomic E-state index is 0.243. The molecule has 0 aliphatic heterocycles. The standard InChI is InChI=1S/C13H16O7P/c1-5-7-18-11(14)9-13(3,12(15)19-8-6-2)20-21(16)10-17-4/h1-2H,7-10H2,3-4H3/q+1. The largest absolute Gasteiger partial charge is 0.538 e. The van der Waals surface area contributed by atoms with E-state index in [1.165, 1.54) is 14.0 Å². The minimum Gasteiger partial charge on any atom is -0.452 e. The summed E-state index contributed by atoms with van der Waals surface area (Å²) in [5.74, 6) is 2.47. The van der Waals surface area contributed by atoms with Crippen LogP contribution in [0.3, 0.4) is 0 Å². The van der Waals surface area contributed by atoms with E-state index in [2.05, 4.69) is 21.3 Å². The molecule has 0 rings (SSSR count). The normalized spacial score (nSPS) is 13.2. The lowest BCUT2D eigenvalue weighted by Gasteiger charge is -2.19. The van der Waals surface area contributed by atoms with E-state index in [1.807, 2.05) is 0 Å². The summed E-state index contributed by atoms with van der Waals surface area (Å²) in [6, 6.07) is 0. The van der Waals surface area contributed by atoms with Crippen LogP contribution in [0.2, 0.25) is 0 Å². The van der Waals surface area contributed by atoms with E-state index >= 15 is 0 Å². The molecule has 0 aliphatic carbocycles. The van der Waals surface area contributed by atoms with Gasteiger partial charge < -0.3 is 14.2 Å². The molecule has 8 heteroatoms. The lowest BCUT2D eigenvalue weighted by atomic mass is 10.0. The second kappa shape index (κ2) is 9.90. The highest BCUT2D eigenvalue weighted by Gasteiger charge is 2.47. The summed E-state index contributed by atoms with van der Waals surface area (Å²) in [7, 11) is -1.02. The van der Waals surface area contributed by atoms with Crippen molar-refractivity contribution in [1.29, 1.82) is 0 Å². The number of hydrogen-bond acceptors (Lipinski definition) is 7. The Morgan fingerprint density at radius 1 is 1.19 bits per heavy atom. The van der Waals surface area contributed by atoms with Crippen molar-refractivity contribution in [2.45, 2.75) is 18.9 Å². The van der Waals surface area contributed by atoms with Crippen LogP contribution in [-0.4, -0.2) is 44.2 Å². The van der Waals surface area contributed by atoms with Crippen LogP contribution in [0.25, 0.3) is 0 Å². The summed E-state index contributed by atoms with van der Waals surface area (Å²) in [6.07, 6.45) is 9.16. The van der Waals surface area contributed by atoms with Gasteiger partial charge >= 0.3 is 20.0 Å².